The van der Waals surface area contributed by atoms with Gasteiger partial charge in [-0.25, -0.2) is 19.6 Å². The largest absolute Gasteiger partial charge is 0.444 e. The minimum Gasteiger partial charge on any atom is -0.444 e. The second-order valence-corrected chi connectivity index (χ2v) is 15.5. The maximum Gasteiger partial charge on any atom is 0.410 e. The van der Waals surface area contributed by atoms with Crippen molar-refractivity contribution in [1.82, 2.24) is 24.8 Å². The Morgan fingerprint density at radius 1 is 0.935 bits per heavy atom. The molecular weight excluding hydrogens is 598 g/mol. The second-order valence-electron chi connectivity index (χ2n) is 14.4. The van der Waals surface area contributed by atoms with Gasteiger partial charge in [0.2, 0.25) is 0 Å². The fourth-order valence-corrected chi connectivity index (χ4v) is 7.77. The number of aromatic nitrogens is 3. The van der Waals surface area contributed by atoms with Crippen molar-refractivity contribution < 1.29 is 19.1 Å². The predicted molar refractivity (Wildman–Crippen MR) is 179 cm³/mol. The molecule has 2 aromatic heterocycles. The molecule has 2 fully saturated rings. The lowest BCUT2D eigenvalue weighted by molar-refractivity contribution is 0.0210. The summed E-state index contributed by atoms with van der Waals surface area (Å²) in [5.74, 6) is 0.764. The van der Waals surface area contributed by atoms with E-state index in [1.807, 2.05) is 64.9 Å². The van der Waals surface area contributed by atoms with Crippen LogP contribution in [0.3, 0.4) is 0 Å². The van der Waals surface area contributed by atoms with Gasteiger partial charge in [0.15, 0.2) is 0 Å². The van der Waals surface area contributed by atoms with Crippen molar-refractivity contribution in [1.29, 1.82) is 0 Å². The molecular formula is C36H45N5O4S. The lowest BCUT2D eigenvalue weighted by atomic mass is 9.76. The molecule has 1 unspecified atom stereocenters. The molecule has 2 aliphatic heterocycles. The monoisotopic (exact) mass is 643 g/mol. The summed E-state index contributed by atoms with van der Waals surface area (Å²) >= 11 is 1.64. The Balaban J connectivity index is 1.33. The van der Waals surface area contributed by atoms with Crippen LogP contribution in [0.1, 0.15) is 113 Å². The number of aromatic amines is 1. The van der Waals surface area contributed by atoms with Gasteiger partial charge < -0.3 is 14.5 Å². The summed E-state index contributed by atoms with van der Waals surface area (Å²) in [5, 5.41) is 0.909. The second kappa shape index (κ2) is 12.4. The fraction of sp³-hybridized carbons (Fsp3) is 0.500. The molecule has 6 rings (SSSR count). The number of nitrogens with zero attached hydrogens (tertiary/aromatic N) is 4. The van der Waals surface area contributed by atoms with Crippen LogP contribution in [-0.4, -0.2) is 61.2 Å². The minimum absolute atomic E-state index is 0.121. The third kappa shape index (κ3) is 6.63. The molecule has 1 N–H and O–H groups in total. The first-order valence-electron chi connectivity index (χ1n) is 16.3. The fourth-order valence-electron chi connectivity index (χ4n) is 6.52. The average Bonchev–Trinajstić information content (AvgIpc) is 3.82. The molecule has 0 spiro atoms. The number of allylic oxidation sites excluding steroid dienone is 4. The van der Waals surface area contributed by atoms with Crippen LogP contribution in [0.5, 0.6) is 0 Å². The van der Waals surface area contributed by atoms with Crippen LogP contribution in [0.4, 0.5) is 9.59 Å². The molecule has 244 valence electrons. The van der Waals surface area contributed by atoms with Gasteiger partial charge in [-0.2, -0.15) is 0 Å². The molecule has 10 heteroatoms. The highest BCUT2D eigenvalue weighted by molar-refractivity contribution is 7.11. The summed E-state index contributed by atoms with van der Waals surface area (Å²) in [6.45, 7) is 12.6. The van der Waals surface area contributed by atoms with Crippen LogP contribution in [0, 0.1) is 0 Å². The van der Waals surface area contributed by atoms with E-state index in [2.05, 4.69) is 47.5 Å². The first-order chi connectivity index (χ1) is 21.8. The topological polar surface area (TPSA) is 101 Å². The number of imidazole rings is 1. The van der Waals surface area contributed by atoms with Crippen LogP contribution >= 0.6 is 11.3 Å². The molecule has 3 aromatic rings. The highest BCUT2D eigenvalue weighted by Crippen LogP contribution is 2.46. The predicted octanol–water partition coefficient (Wildman–Crippen LogP) is 8.34. The third-order valence-electron chi connectivity index (χ3n) is 8.68. The van der Waals surface area contributed by atoms with Crippen molar-refractivity contribution in [3.8, 4) is 0 Å². The van der Waals surface area contributed by atoms with Crippen molar-refractivity contribution in [3.63, 3.8) is 0 Å². The lowest BCUT2D eigenvalue weighted by Crippen LogP contribution is -2.36. The van der Waals surface area contributed by atoms with Gasteiger partial charge in [0.1, 0.15) is 22.0 Å². The maximum absolute atomic E-state index is 13.1. The SMILES string of the molecule is CC(C)(C)OC(=O)N1CCC[C@H]1c1nc(C2(c3cnc([C@@H]4CCCN4C(=O)OC(C)(C)C)s3)C=CC(c3ccccc3)=CC2)c[nH]1. The first-order valence-corrected chi connectivity index (χ1v) is 17.1. The molecule has 0 bridgehead atoms. The van der Waals surface area contributed by atoms with Gasteiger partial charge in [-0.3, -0.25) is 9.80 Å². The van der Waals surface area contributed by atoms with Gasteiger partial charge in [0, 0.05) is 30.4 Å². The summed E-state index contributed by atoms with van der Waals surface area (Å²) in [7, 11) is 0. The van der Waals surface area contributed by atoms with E-state index >= 15 is 0 Å². The number of rotatable bonds is 5. The summed E-state index contributed by atoms with van der Waals surface area (Å²) in [4.78, 5) is 44.4. The highest BCUT2D eigenvalue weighted by Gasteiger charge is 2.42. The van der Waals surface area contributed by atoms with Crippen molar-refractivity contribution in [3.05, 3.63) is 87.9 Å². The summed E-state index contributed by atoms with van der Waals surface area (Å²) in [5.41, 5.74) is 1.51. The number of hydrogen-bond donors (Lipinski definition) is 1. The van der Waals surface area contributed by atoms with Gasteiger partial charge in [0.25, 0.3) is 0 Å². The lowest BCUT2D eigenvalue weighted by Gasteiger charge is -2.30. The number of hydrogen-bond acceptors (Lipinski definition) is 7. The Kier molecular flexibility index (Phi) is 8.61. The van der Waals surface area contributed by atoms with E-state index < -0.39 is 16.6 Å². The Morgan fingerprint density at radius 2 is 1.57 bits per heavy atom. The summed E-state index contributed by atoms with van der Waals surface area (Å²) in [6.07, 6.45) is 14.2. The van der Waals surface area contributed by atoms with Crippen molar-refractivity contribution in [2.45, 2.75) is 102 Å². The smallest absolute Gasteiger partial charge is 0.410 e. The number of nitrogens with one attached hydrogen (secondary N) is 1. The summed E-state index contributed by atoms with van der Waals surface area (Å²) in [6, 6.07) is 10.1. The van der Waals surface area contributed by atoms with Crippen molar-refractivity contribution >= 4 is 29.1 Å². The quantitative estimate of drug-likeness (QED) is 0.300. The zero-order valence-corrected chi connectivity index (χ0v) is 28.5. The molecule has 1 aromatic carbocycles. The molecule has 0 saturated carbocycles. The molecule has 0 radical (unpaired) electrons. The van der Waals surface area contributed by atoms with Crippen LogP contribution in [0.25, 0.3) is 5.57 Å². The highest BCUT2D eigenvalue weighted by atomic mass is 32.1. The Hall–Kier alpha value is -3.92. The Labute approximate surface area is 275 Å². The normalized spacial score (nSPS) is 23.5. The van der Waals surface area contributed by atoms with Gasteiger partial charge in [-0.05, 0) is 84.8 Å². The molecule has 3 aliphatic rings. The maximum atomic E-state index is 13.1. The van der Waals surface area contributed by atoms with Crippen molar-refractivity contribution in [2.24, 2.45) is 0 Å². The van der Waals surface area contributed by atoms with E-state index in [-0.39, 0.29) is 24.3 Å². The zero-order valence-electron chi connectivity index (χ0n) is 27.7. The van der Waals surface area contributed by atoms with Crippen LogP contribution in [0.2, 0.25) is 0 Å². The van der Waals surface area contributed by atoms with E-state index in [9.17, 15) is 9.59 Å². The molecule has 9 nitrogen and oxygen atoms in total. The van der Waals surface area contributed by atoms with Crippen LogP contribution in [-0.2, 0) is 14.9 Å². The number of carbonyl (C=O) groups is 2. The zero-order chi connectivity index (χ0) is 32.7. The molecule has 2 amide bonds. The van der Waals surface area contributed by atoms with Gasteiger partial charge in [-0.1, -0.05) is 48.6 Å². The number of H-pyrrole nitrogens is 1. The number of thiazole rings is 1. The Bertz CT molecular complexity index is 1540. The van der Waals surface area contributed by atoms with Crippen LogP contribution in [0.15, 0.2) is 61.0 Å². The van der Waals surface area contributed by atoms with E-state index in [1.54, 1.807) is 16.2 Å². The van der Waals surface area contributed by atoms with Gasteiger partial charge >= 0.3 is 12.2 Å². The van der Waals surface area contributed by atoms with Crippen LogP contribution < -0.4 is 0 Å². The molecule has 1 aliphatic carbocycles. The third-order valence-corrected chi connectivity index (χ3v) is 9.95. The number of likely N-dealkylation sites (tertiary alicyclic amines) is 2. The van der Waals surface area contributed by atoms with E-state index in [0.717, 1.165) is 58.2 Å². The number of amides is 2. The van der Waals surface area contributed by atoms with E-state index in [4.69, 9.17) is 19.4 Å². The summed E-state index contributed by atoms with van der Waals surface area (Å²) < 4.78 is 11.5. The minimum atomic E-state index is -0.569. The Morgan fingerprint density at radius 3 is 2.17 bits per heavy atom. The number of benzene rings is 1. The van der Waals surface area contributed by atoms with Gasteiger partial charge in [-0.15, -0.1) is 11.3 Å². The van der Waals surface area contributed by atoms with E-state index in [0.29, 0.717) is 19.5 Å². The number of carbonyl (C=O) groups excluding carboxylic acids is 2. The first kappa shape index (κ1) is 32.0. The van der Waals surface area contributed by atoms with Crippen molar-refractivity contribution in [2.75, 3.05) is 13.1 Å². The average molecular weight is 644 g/mol. The molecule has 3 atom stereocenters. The number of ether oxygens (including phenoxy) is 2. The molecule has 4 heterocycles. The van der Waals surface area contributed by atoms with E-state index in [1.165, 1.54) is 0 Å². The standard InChI is InChI=1S/C36H45N5O4S/c1-34(2,3)44-32(42)40-20-10-14-26(40)30-37-22-28(39-30)36(18-16-25(17-19-36)24-12-8-7-9-13-24)29-23-38-31(46-29)27-15-11-21-41(27)33(43)45-35(4,5)6/h7-9,12-13,16-18,22-23,26-27H,10-11,14-15,19-21H2,1-6H3,(H,37,39)/t26-,27-,36?/m0/s1. The molecule has 46 heavy (non-hydrogen) atoms. The molecule has 2 saturated heterocycles. The van der Waals surface area contributed by atoms with Gasteiger partial charge in [0.05, 0.1) is 23.2 Å².